The number of hydrogen-bond donors (Lipinski definition) is 2. The van der Waals surface area contributed by atoms with Gasteiger partial charge in [-0.1, -0.05) is 0 Å². The van der Waals surface area contributed by atoms with E-state index in [-0.39, 0.29) is 5.69 Å². The molecule has 0 saturated carbocycles. The molecule has 0 unspecified atom stereocenters. The maximum absolute atomic E-state index is 13.5. The summed E-state index contributed by atoms with van der Waals surface area (Å²) in [5.41, 5.74) is 7.73. The Morgan fingerprint density at radius 1 is 1.29 bits per heavy atom. The number of nitrogens with one attached hydrogen (secondary N) is 1. The molecule has 146 valence electrons. The first-order valence-electron chi connectivity index (χ1n) is 9.20. The zero-order valence-electron chi connectivity index (χ0n) is 15.5. The van der Waals surface area contributed by atoms with Crippen LogP contribution in [0.1, 0.15) is 47.3 Å². The van der Waals surface area contributed by atoms with Crippen LogP contribution in [0, 0.1) is 0 Å². The van der Waals surface area contributed by atoms with E-state index in [1.807, 2.05) is 23.2 Å². The molecule has 0 radical (unpaired) electrons. The highest BCUT2D eigenvalue weighted by Gasteiger charge is 2.29. The molecule has 3 N–H and O–H groups in total. The predicted molar refractivity (Wildman–Crippen MR) is 103 cm³/mol. The highest BCUT2D eigenvalue weighted by atomic mass is 19.3. The fraction of sp³-hybridized carbons (Fsp3) is 0.350. The molecule has 3 aromatic rings. The summed E-state index contributed by atoms with van der Waals surface area (Å²) in [6.07, 6.45) is 5.03. The van der Waals surface area contributed by atoms with Crippen molar-refractivity contribution in [3.63, 3.8) is 0 Å². The fourth-order valence-electron chi connectivity index (χ4n) is 3.77. The smallest absolute Gasteiger partial charge is 0.287 e. The minimum atomic E-state index is -2.99. The molecule has 0 spiro atoms. The lowest BCUT2D eigenvalue weighted by molar-refractivity contribution is 0.0127. The Balaban J connectivity index is 1.53. The van der Waals surface area contributed by atoms with Gasteiger partial charge in [-0.05, 0) is 48.6 Å². The summed E-state index contributed by atoms with van der Waals surface area (Å²) < 4.78 is 27.1. The number of rotatable bonds is 4. The van der Waals surface area contributed by atoms with E-state index in [0.717, 1.165) is 36.2 Å². The molecule has 8 heteroatoms. The lowest BCUT2D eigenvalue weighted by atomic mass is 9.89. The number of anilines is 1. The van der Waals surface area contributed by atoms with Gasteiger partial charge in [-0.25, -0.2) is 9.97 Å². The van der Waals surface area contributed by atoms with Gasteiger partial charge in [0.25, 0.3) is 5.92 Å². The van der Waals surface area contributed by atoms with Gasteiger partial charge in [-0.15, -0.1) is 0 Å². The van der Waals surface area contributed by atoms with Crippen LogP contribution < -0.4 is 10.6 Å². The number of piperidine rings is 1. The number of H-pyrrole nitrogens is 1. The number of halogens is 2. The second-order valence-electron chi connectivity index (χ2n) is 7.26. The summed E-state index contributed by atoms with van der Waals surface area (Å²) in [6.45, 7) is 2.18. The van der Waals surface area contributed by atoms with Gasteiger partial charge in [-0.3, -0.25) is 4.79 Å². The van der Waals surface area contributed by atoms with E-state index in [0.29, 0.717) is 30.5 Å². The van der Waals surface area contributed by atoms with E-state index >= 15 is 0 Å². The monoisotopic (exact) mass is 385 g/mol. The van der Waals surface area contributed by atoms with Crippen LogP contribution >= 0.6 is 0 Å². The normalized spacial score (nSPS) is 15.9. The summed E-state index contributed by atoms with van der Waals surface area (Å²) in [4.78, 5) is 24.9. The third kappa shape index (κ3) is 3.42. The Morgan fingerprint density at radius 3 is 2.71 bits per heavy atom. The van der Waals surface area contributed by atoms with Crippen molar-refractivity contribution in [2.24, 2.45) is 5.73 Å². The molecule has 1 aromatic carbocycles. The van der Waals surface area contributed by atoms with E-state index in [9.17, 15) is 13.6 Å². The van der Waals surface area contributed by atoms with Crippen LogP contribution in [0.25, 0.3) is 10.9 Å². The molecule has 1 amide bonds. The van der Waals surface area contributed by atoms with Crippen LogP contribution in [0.3, 0.4) is 0 Å². The second-order valence-corrected chi connectivity index (χ2v) is 7.26. The molecule has 1 aliphatic rings. The Hall–Kier alpha value is -3.03. The van der Waals surface area contributed by atoms with E-state index in [1.165, 1.54) is 12.3 Å². The Morgan fingerprint density at radius 2 is 2.04 bits per heavy atom. The average Bonchev–Trinajstić information content (AvgIpc) is 3.11. The number of hydrogen-bond acceptors (Lipinski definition) is 4. The van der Waals surface area contributed by atoms with Gasteiger partial charge < -0.3 is 15.6 Å². The van der Waals surface area contributed by atoms with Crippen LogP contribution in [0.4, 0.5) is 14.7 Å². The van der Waals surface area contributed by atoms with Gasteiger partial charge in [0, 0.05) is 48.9 Å². The van der Waals surface area contributed by atoms with Crippen LogP contribution in [0.15, 0.2) is 36.7 Å². The molecule has 0 bridgehead atoms. The molecule has 3 heterocycles. The van der Waals surface area contributed by atoms with Gasteiger partial charge >= 0.3 is 0 Å². The van der Waals surface area contributed by atoms with E-state index in [1.54, 1.807) is 6.07 Å². The van der Waals surface area contributed by atoms with Crippen molar-refractivity contribution in [1.82, 2.24) is 15.0 Å². The third-order valence-electron chi connectivity index (χ3n) is 5.31. The number of carbonyl (C=O) groups is 1. The second kappa shape index (κ2) is 6.85. The largest absolute Gasteiger partial charge is 0.366 e. The number of benzene rings is 1. The third-order valence-corrected chi connectivity index (χ3v) is 5.31. The maximum Gasteiger partial charge on any atom is 0.287 e. The van der Waals surface area contributed by atoms with Gasteiger partial charge in [0.15, 0.2) is 0 Å². The number of primary amides is 1. The highest BCUT2D eigenvalue weighted by Crippen LogP contribution is 2.35. The van der Waals surface area contributed by atoms with Crippen LogP contribution in [0.2, 0.25) is 0 Å². The lowest BCUT2D eigenvalue weighted by Crippen LogP contribution is -2.34. The summed E-state index contributed by atoms with van der Waals surface area (Å²) >= 11 is 0. The fourth-order valence-corrected chi connectivity index (χ4v) is 3.77. The summed E-state index contributed by atoms with van der Waals surface area (Å²) in [5.74, 6) is -2.80. The van der Waals surface area contributed by atoms with Gasteiger partial charge in [-0.2, -0.15) is 8.78 Å². The number of amides is 1. The number of carbonyl (C=O) groups excluding carboxylic acids is 1. The van der Waals surface area contributed by atoms with Crippen molar-refractivity contribution in [3.8, 4) is 0 Å². The number of nitrogens with two attached hydrogens (primary N) is 1. The minimum absolute atomic E-state index is 0.268. The van der Waals surface area contributed by atoms with E-state index < -0.39 is 11.8 Å². The molecule has 1 fully saturated rings. The Kier molecular flexibility index (Phi) is 4.49. The summed E-state index contributed by atoms with van der Waals surface area (Å²) in [5, 5.41) is 0.999. The molecule has 1 aliphatic heterocycles. The quantitative estimate of drug-likeness (QED) is 0.719. The zero-order valence-corrected chi connectivity index (χ0v) is 15.5. The number of aromatic nitrogens is 3. The Labute approximate surface area is 160 Å². The minimum Gasteiger partial charge on any atom is -0.366 e. The SMILES string of the molecule is CC(F)(F)c1ccnc(N2CCC(c3c[nH]c4ccc(C(N)=O)cc34)CC2)n1. The van der Waals surface area contributed by atoms with Crippen molar-refractivity contribution in [1.29, 1.82) is 0 Å². The molecule has 28 heavy (non-hydrogen) atoms. The summed E-state index contributed by atoms with van der Waals surface area (Å²) in [6, 6.07) is 6.64. The van der Waals surface area contributed by atoms with Crippen molar-refractivity contribution in [2.45, 2.75) is 31.6 Å². The van der Waals surface area contributed by atoms with Gasteiger partial charge in [0.1, 0.15) is 5.69 Å². The predicted octanol–water partition coefficient (Wildman–Crippen LogP) is 3.55. The average molecular weight is 385 g/mol. The van der Waals surface area contributed by atoms with Crippen LogP contribution in [-0.2, 0) is 5.92 Å². The standard InChI is InChI=1S/C20H21F2N5O/c1-20(21,22)17-4-7-24-19(26-17)27-8-5-12(6-9-27)15-11-25-16-3-2-13(18(23)28)10-14(15)16/h2-4,7,10-12,25H,5-6,8-9H2,1H3,(H2,23,28). The molecule has 6 nitrogen and oxygen atoms in total. The van der Waals surface area contributed by atoms with E-state index in [4.69, 9.17) is 5.73 Å². The van der Waals surface area contributed by atoms with Crippen molar-refractivity contribution in [2.75, 3.05) is 18.0 Å². The number of alkyl halides is 2. The first kappa shape index (κ1) is 18.3. The molecule has 0 aliphatic carbocycles. The first-order valence-corrected chi connectivity index (χ1v) is 9.20. The van der Waals surface area contributed by atoms with Crippen molar-refractivity contribution >= 4 is 22.8 Å². The number of aromatic amines is 1. The van der Waals surface area contributed by atoms with Crippen LogP contribution in [-0.4, -0.2) is 33.9 Å². The first-order chi connectivity index (χ1) is 13.3. The Bertz CT molecular complexity index is 1020. The van der Waals surface area contributed by atoms with Crippen molar-refractivity contribution in [3.05, 3.63) is 53.5 Å². The number of fused-ring (bicyclic) bond motifs is 1. The van der Waals surface area contributed by atoms with Crippen LogP contribution in [0.5, 0.6) is 0 Å². The highest BCUT2D eigenvalue weighted by molar-refractivity contribution is 5.98. The topological polar surface area (TPSA) is 87.9 Å². The van der Waals surface area contributed by atoms with Gasteiger partial charge in [0.2, 0.25) is 11.9 Å². The molecule has 1 saturated heterocycles. The molecule has 0 atom stereocenters. The number of nitrogens with zero attached hydrogens (tertiary/aromatic N) is 3. The molecular formula is C20H21F2N5O. The zero-order chi connectivity index (χ0) is 19.9. The van der Waals surface area contributed by atoms with Crippen molar-refractivity contribution < 1.29 is 13.6 Å². The van der Waals surface area contributed by atoms with Gasteiger partial charge in [0.05, 0.1) is 0 Å². The molecular weight excluding hydrogens is 364 g/mol. The van der Waals surface area contributed by atoms with E-state index in [2.05, 4.69) is 15.0 Å². The summed E-state index contributed by atoms with van der Waals surface area (Å²) in [7, 11) is 0. The molecule has 4 rings (SSSR count). The maximum atomic E-state index is 13.5. The lowest BCUT2D eigenvalue weighted by Gasteiger charge is -2.32. The molecule has 2 aromatic heterocycles.